The molecule has 150 valence electrons. The molecule has 0 bridgehead atoms. The fraction of sp³-hybridized carbons (Fsp3) is 0.286. The molecule has 0 saturated carbocycles. The molecule has 0 aliphatic carbocycles. The molecule has 2 amide bonds. The highest BCUT2D eigenvalue weighted by atomic mass is 19.1. The van der Waals surface area contributed by atoms with Gasteiger partial charge < -0.3 is 15.2 Å². The fourth-order valence-electron chi connectivity index (χ4n) is 3.47. The second-order valence-electron chi connectivity index (χ2n) is 7.12. The summed E-state index contributed by atoms with van der Waals surface area (Å²) >= 11 is 0. The van der Waals surface area contributed by atoms with Crippen LogP contribution >= 0.6 is 0 Å². The molecule has 2 aromatic carbocycles. The molecule has 0 radical (unpaired) electrons. The van der Waals surface area contributed by atoms with Crippen LogP contribution in [0.5, 0.6) is 0 Å². The molecule has 3 aromatic rings. The number of benzene rings is 2. The quantitative estimate of drug-likeness (QED) is 0.701. The molecule has 0 spiro atoms. The minimum atomic E-state index is -0.582. The average molecular weight is 398 g/mol. The summed E-state index contributed by atoms with van der Waals surface area (Å²) in [6.07, 6.45) is 3.24. The van der Waals surface area contributed by atoms with E-state index in [1.165, 1.54) is 0 Å². The van der Waals surface area contributed by atoms with Crippen molar-refractivity contribution in [2.45, 2.75) is 25.7 Å². The van der Waals surface area contributed by atoms with Crippen LogP contribution in [0.4, 0.5) is 14.5 Å². The maximum absolute atomic E-state index is 14.0. The Morgan fingerprint density at radius 2 is 2.00 bits per heavy atom. The maximum Gasteiger partial charge on any atom is 0.243 e. The van der Waals surface area contributed by atoms with Gasteiger partial charge in [0.25, 0.3) is 0 Å². The van der Waals surface area contributed by atoms with Crippen LogP contribution in [0.15, 0.2) is 36.4 Å². The number of H-pyrrole nitrogens is 1. The molecule has 1 aromatic heterocycles. The first-order valence-corrected chi connectivity index (χ1v) is 9.52. The topological polar surface area (TPSA) is 78.1 Å². The van der Waals surface area contributed by atoms with E-state index in [0.717, 1.165) is 37.5 Å². The number of carbonyl (C=O) groups excluding carboxylic acids is 2. The van der Waals surface area contributed by atoms with Gasteiger partial charge >= 0.3 is 0 Å². The number of fused-ring (bicyclic) bond motifs is 1. The van der Waals surface area contributed by atoms with Crippen LogP contribution in [0, 0.1) is 11.6 Å². The van der Waals surface area contributed by atoms with Crippen LogP contribution < -0.4 is 5.32 Å². The third-order valence-electron chi connectivity index (χ3n) is 4.96. The number of anilines is 1. The first-order valence-electron chi connectivity index (χ1n) is 9.52. The smallest absolute Gasteiger partial charge is 0.243 e. The van der Waals surface area contributed by atoms with Crippen molar-refractivity contribution in [1.29, 1.82) is 0 Å². The van der Waals surface area contributed by atoms with Crippen LogP contribution in [-0.4, -0.2) is 39.8 Å². The van der Waals surface area contributed by atoms with Gasteiger partial charge in [-0.25, -0.2) is 13.8 Å². The van der Waals surface area contributed by atoms with E-state index < -0.39 is 11.6 Å². The van der Waals surface area contributed by atoms with Gasteiger partial charge in [-0.05, 0) is 49.2 Å². The van der Waals surface area contributed by atoms with Gasteiger partial charge in [-0.1, -0.05) is 6.42 Å². The van der Waals surface area contributed by atoms with Crippen LogP contribution in [0.25, 0.3) is 22.4 Å². The highest BCUT2D eigenvalue weighted by Gasteiger charge is 2.19. The van der Waals surface area contributed by atoms with Gasteiger partial charge in [0.2, 0.25) is 11.8 Å². The maximum atomic E-state index is 14.0. The standard InChI is InChI=1S/C21H20F2N4O2/c22-13-5-7-16(23)15(10-13)21-25-17-8-6-14(11-18(17)26-21)24-19(28)12-27-9-3-1-2-4-20(27)29/h5-8,10-11H,1-4,9,12H2,(H,24,28)(H,25,26). The first kappa shape index (κ1) is 19.0. The molecule has 1 fully saturated rings. The van der Waals surface area contributed by atoms with E-state index in [9.17, 15) is 18.4 Å². The van der Waals surface area contributed by atoms with Gasteiger partial charge in [-0.2, -0.15) is 0 Å². The van der Waals surface area contributed by atoms with Crippen molar-refractivity contribution >= 4 is 28.5 Å². The SMILES string of the molecule is O=C(CN1CCCCCC1=O)Nc1ccc2nc(-c3cc(F)ccc3F)[nH]c2c1. The number of carbonyl (C=O) groups is 2. The summed E-state index contributed by atoms with van der Waals surface area (Å²) in [6, 6.07) is 8.20. The number of hydrogen-bond donors (Lipinski definition) is 2. The van der Waals surface area contributed by atoms with Crippen molar-refractivity contribution in [3.63, 3.8) is 0 Å². The number of nitrogens with zero attached hydrogens (tertiary/aromatic N) is 2. The van der Waals surface area contributed by atoms with Gasteiger partial charge in [0.15, 0.2) is 0 Å². The number of imidazole rings is 1. The van der Waals surface area contributed by atoms with Gasteiger partial charge in [-0.3, -0.25) is 9.59 Å². The predicted molar refractivity (Wildman–Crippen MR) is 105 cm³/mol. The second-order valence-corrected chi connectivity index (χ2v) is 7.12. The minimum absolute atomic E-state index is 0.00318. The van der Waals surface area contributed by atoms with E-state index in [1.807, 2.05) is 0 Å². The number of likely N-dealkylation sites (tertiary alicyclic amines) is 1. The second kappa shape index (κ2) is 7.98. The van der Waals surface area contributed by atoms with Crippen LogP contribution in [0.3, 0.4) is 0 Å². The fourth-order valence-corrected chi connectivity index (χ4v) is 3.47. The van der Waals surface area contributed by atoms with E-state index in [1.54, 1.807) is 23.1 Å². The molecule has 29 heavy (non-hydrogen) atoms. The van der Waals surface area contributed by atoms with Crippen molar-refractivity contribution in [3.05, 3.63) is 48.0 Å². The number of nitrogens with one attached hydrogen (secondary N) is 2. The third kappa shape index (κ3) is 4.26. The number of hydrogen-bond acceptors (Lipinski definition) is 3. The number of rotatable bonds is 4. The Hall–Kier alpha value is -3.29. The molecule has 2 N–H and O–H groups in total. The molecule has 0 atom stereocenters. The normalized spacial score (nSPS) is 14.8. The van der Waals surface area contributed by atoms with Crippen molar-refractivity contribution < 1.29 is 18.4 Å². The van der Waals surface area contributed by atoms with Gasteiger partial charge in [-0.15, -0.1) is 0 Å². The third-order valence-corrected chi connectivity index (χ3v) is 4.96. The lowest BCUT2D eigenvalue weighted by Gasteiger charge is -2.19. The molecular formula is C21H20F2N4O2. The van der Waals surface area contributed by atoms with E-state index in [4.69, 9.17) is 0 Å². The molecule has 1 aliphatic rings. The van der Waals surface area contributed by atoms with Crippen LogP contribution in [0.2, 0.25) is 0 Å². The zero-order chi connectivity index (χ0) is 20.4. The van der Waals surface area contributed by atoms with E-state index in [2.05, 4.69) is 15.3 Å². The Kier molecular flexibility index (Phi) is 5.24. The average Bonchev–Trinajstić information content (AvgIpc) is 3.01. The van der Waals surface area contributed by atoms with Crippen molar-refractivity contribution in [3.8, 4) is 11.4 Å². The molecule has 2 heterocycles. The zero-order valence-corrected chi connectivity index (χ0v) is 15.7. The number of aromatic nitrogens is 2. The monoisotopic (exact) mass is 398 g/mol. The van der Waals surface area contributed by atoms with E-state index in [0.29, 0.717) is 29.7 Å². The van der Waals surface area contributed by atoms with E-state index in [-0.39, 0.29) is 29.7 Å². The largest absolute Gasteiger partial charge is 0.338 e. The van der Waals surface area contributed by atoms with Gasteiger partial charge in [0.05, 0.1) is 23.1 Å². The Balaban J connectivity index is 1.51. The Morgan fingerprint density at radius 3 is 2.86 bits per heavy atom. The minimum Gasteiger partial charge on any atom is -0.338 e. The lowest BCUT2D eigenvalue weighted by atomic mass is 10.2. The zero-order valence-electron chi connectivity index (χ0n) is 15.7. The molecule has 8 heteroatoms. The Morgan fingerprint density at radius 1 is 1.14 bits per heavy atom. The molecular weight excluding hydrogens is 378 g/mol. The number of amides is 2. The molecule has 6 nitrogen and oxygen atoms in total. The van der Waals surface area contributed by atoms with Gasteiger partial charge in [0, 0.05) is 18.7 Å². The number of halogens is 2. The molecule has 1 saturated heterocycles. The summed E-state index contributed by atoms with van der Waals surface area (Å²) in [5.74, 6) is -1.21. The summed E-state index contributed by atoms with van der Waals surface area (Å²) in [6.45, 7) is 0.605. The van der Waals surface area contributed by atoms with Crippen molar-refractivity contribution in [1.82, 2.24) is 14.9 Å². The predicted octanol–water partition coefficient (Wildman–Crippen LogP) is 3.85. The lowest BCUT2D eigenvalue weighted by molar-refractivity contribution is -0.134. The summed E-state index contributed by atoms with van der Waals surface area (Å²) in [7, 11) is 0. The number of aromatic amines is 1. The molecule has 4 rings (SSSR count). The molecule has 1 aliphatic heterocycles. The summed E-state index contributed by atoms with van der Waals surface area (Å²) in [5.41, 5.74) is 1.70. The summed E-state index contributed by atoms with van der Waals surface area (Å²) < 4.78 is 27.5. The van der Waals surface area contributed by atoms with Gasteiger partial charge in [0.1, 0.15) is 17.5 Å². The summed E-state index contributed by atoms with van der Waals surface area (Å²) in [5, 5.41) is 2.78. The Bertz CT molecular complexity index is 1080. The van der Waals surface area contributed by atoms with Crippen molar-refractivity contribution in [2.75, 3.05) is 18.4 Å². The molecule has 0 unspecified atom stereocenters. The van der Waals surface area contributed by atoms with Crippen LogP contribution in [-0.2, 0) is 9.59 Å². The Labute approximate surface area is 165 Å². The van der Waals surface area contributed by atoms with E-state index >= 15 is 0 Å². The first-order chi connectivity index (χ1) is 14.0. The lowest BCUT2D eigenvalue weighted by Crippen LogP contribution is -2.37. The summed E-state index contributed by atoms with van der Waals surface area (Å²) in [4.78, 5) is 33.2. The highest BCUT2D eigenvalue weighted by Crippen LogP contribution is 2.25. The van der Waals surface area contributed by atoms with Crippen LogP contribution in [0.1, 0.15) is 25.7 Å². The highest BCUT2D eigenvalue weighted by molar-refractivity contribution is 5.96. The van der Waals surface area contributed by atoms with Crippen molar-refractivity contribution in [2.24, 2.45) is 0 Å².